The predicted molar refractivity (Wildman–Crippen MR) is 46.6 cm³/mol. The Morgan fingerprint density at radius 1 is 1.67 bits per heavy atom. The van der Waals surface area contributed by atoms with E-state index in [1.807, 2.05) is 0 Å². The van der Waals surface area contributed by atoms with Gasteiger partial charge in [0.2, 0.25) is 0 Å². The van der Waals surface area contributed by atoms with Crippen molar-refractivity contribution in [1.29, 1.82) is 0 Å². The van der Waals surface area contributed by atoms with Crippen LogP contribution in [-0.2, 0) is 22.2 Å². The van der Waals surface area contributed by atoms with Gasteiger partial charge in [-0.15, -0.1) is 11.3 Å². The van der Waals surface area contributed by atoms with E-state index in [2.05, 4.69) is 4.98 Å². The van der Waals surface area contributed by atoms with Crippen LogP contribution in [0.25, 0.3) is 0 Å². The lowest BCUT2D eigenvalue weighted by Crippen LogP contribution is -1.99. The first-order chi connectivity index (χ1) is 5.51. The molecule has 4 nitrogen and oxygen atoms in total. The molecule has 68 valence electrons. The Morgan fingerprint density at radius 2 is 2.33 bits per heavy atom. The lowest BCUT2D eigenvalue weighted by Gasteiger charge is -1.90. The van der Waals surface area contributed by atoms with E-state index in [4.69, 9.17) is 5.11 Å². The Hall–Kier alpha value is -0.460. The van der Waals surface area contributed by atoms with Gasteiger partial charge in [-0.25, -0.2) is 13.4 Å². The summed E-state index contributed by atoms with van der Waals surface area (Å²) in [6, 6.07) is 0. The molecule has 1 aromatic heterocycles. The molecule has 0 saturated carbocycles. The summed E-state index contributed by atoms with van der Waals surface area (Å²) in [5, 5.41) is 9.20. The minimum atomic E-state index is -3.01. The van der Waals surface area contributed by atoms with Crippen LogP contribution >= 0.6 is 11.3 Å². The molecule has 0 fully saturated rings. The zero-order valence-corrected chi connectivity index (χ0v) is 8.15. The molecule has 0 aromatic carbocycles. The second kappa shape index (κ2) is 3.51. The Balaban J connectivity index is 2.78. The molecule has 0 aliphatic carbocycles. The monoisotopic (exact) mass is 207 g/mol. The summed E-state index contributed by atoms with van der Waals surface area (Å²) in [4.78, 5) is 4.54. The quantitative estimate of drug-likeness (QED) is 0.767. The third-order valence-electron chi connectivity index (χ3n) is 1.14. The highest BCUT2D eigenvalue weighted by molar-refractivity contribution is 7.90. The number of aromatic nitrogens is 1. The van der Waals surface area contributed by atoms with Gasteiger partial charge in [0, 0.05) is 12.5 Å². The first-order valence-electron chi connectivity index (χ1n) is 3.23. The van der Waals surface area contributed by atoms with Crippen LogP contribution in [0.4, 0.5) is 0 Å². The molecule has 1 aromatic rings. The van der Waals surface area contributed by atoms with Crippen molar-refractivity contribution in [3.63, 3.8) is 0 Å². The fraction of sp³-hybridized carbons (Fsp3) is 0.500. The molecule has 0 aliphatic heterocycles. The molecular weight excluding hydrogens is 198 g/mol. The average molecular weight is 207 g/mol. The number of aliphatic hydroxyl groups excluding tert-OH is 1. The van der Waals surface area contributed by atoms with Gasteiger partial charge >= 0.3 is 0 Å². The van der Waals surface area contributed by atoms with E-state index in [0.29, 0.717) is 9.88 Å². The molecule has 0 bridgehead atoms. The lowest BCUT2D eigenvalue weighted by molar-refractivity contribution is 0.285. The third kappa shape index (κ3) is 2.88. The molecule has 1 N–H and O–H groups in total. The molecule has 0 unspecified atom stereocenters. The molecule has 0 spiro atoms. The first-order valence-corrected chi connectivity index (χ1v) is 6.11. The van der Waals surface area contributed by atoms with E-state index in [1.165, 1.54) is 17.5 Å². The van der Waals surface area contributed by atoms with Gasteiger partial charge in [-0.1, -0.05) is 0 Å². The number of aliphatic hydroxyl groups is 1. The van der Waals surface area contributed by atoms with Gasteiger partial charge in [0.15, 0.2) is 9.84 Å². The number of nitrogens with zero attached hydrogens (tertiary/aromatic N) is 1. The van der Waals surface area contributed by atoms with Crippen molar-refractivity contribution < 1.29 is 13.5 Å². The number of sulfone groups is 1. The van der Waals surface area contributed by atoms with Crippen molar-refractivity contribution in [2.24, 2.45) is 0 Å². The Bertz CT molecular complexity index is 355. The largest absolute Gasteiger partial charge is 0.391 e. The minimum absolute atomic E-state index is 0.0440. The molecule has 0 amide bonds. The predicted octanol–water partition coefficient (Wildman–Crippen LogP) is 0.180. The zero-order chi connectivity index (χ0) is 9.19. The highest BCUT2D eigenvalue weighted by Crippen LogP contribution is 2.14. The second-order valence-electron chi connectivity index (χ2n) is 2.45. The number of hydrogen-bond donors (Lipinski definition) is 1. The zero-order valence-electron chi connectivity index (χ0n) is 6.52. The molecule has 12 heavy (non-hydrogen) atoms. The van der Waals surface area contributed by atoms with Gasteiger partial charge in [0.25, 0.3) is 0 Å². The summed E-state index contributed by atoms with van der Waals surface area (Å²) in [5.41, 5.74) is 0. The maximum atomic E-state index is 10.8. The van der Waals surface area contributed by atoms with Gasteiger partial charge in [-0.3, -0.25) is 0 Å². The summed E-state index contributed by atoms with van der Waals surface area (Å²) < 4.78 is 21.6. The molecule has 1 heterocycles. The van der Waals surface area contributed by atoms with Gasteiger partial charge in [0.05, 0.1) is 11.5 Å². The minimum Gasteiger partial charge on any atom is -0.391 e. The molecule has 6 heteroatoms. The molecule has 0 radical (unpaired) electrons. The van der Waals surface area contributed by atoms with Crippen molar-refractivity contribution >= 4 is 21.2 Å². The fourth-order valence-electron chi connectivity index (χ4n) is 0.712. The first kappa shape index (κ1) is 9.63. The molecule has 0 atom stereocenters. The summed E-state index contributed by atoms with van der Waals surface area (Å²) in [6.45, 7) is -0.0819. The maximum Gasteiger partial charge on any atom is 0.153 e. The number of rotatable bonds is 3. The van der Waals surface area contributed by atoms with Gasteiger partial charge in [-0.2, -0.15) is 0 Å². The average Bonchev–Trinajstić information content (AvgIpc) is 2.32. The van der Waals surface area contributed by atoms with Crippen LogP contribution in [0, 0.1) is 0 Å². The van der Waals surface area contributed by atoms with Gasteiger partial charge in [0.1, 0.15) is 10.8 Å². The van der Waals surface area contributed by atoms with Crippen LogP contribution in [0.1, 0.15) is 9.88 Å². The van der Waals surface area contributed by atoms with Crippen molar-refractivity contribution in [1.82, 2.24) is 4.98 Å². The normalized spacial score (nSPS) is 11.8. The van der Waals surface area contributed by atoms with Crippen LogP contribution in [0.5, 0.6) is 0 Å². The van der Waals surface area contributed by atoms with Crippen molar-refractivity contribution in [3.05, 3.63) is 16.1 Å². The number of thiazole rings is 1. The lowest BCUT2D eigenvalue weighted by atomic mass is 10.6. The van der Waals surface area contributed by atoms with E-state index in [-0.39, 0.29) is 12.4 Å². The molecule has 1 rings (SSSR count). The molecule has 0 aliphatic rings. The SMILES string of the molecule is CS(=O)(=O)Cc1ncc(CO)s1. The van der Waals surface area contributed by atoms with Crippen molar-refractivity contribution in [2.75, 3.05) is 6.26 Å². The maximum absolute atomic E-state index is 10.8. The smallest absolute Gasteiger partial charge is 0.153 e. The van der Waals surface area contributed by atoms with Crippen LogP contribution in [0.15, 0.2) is 6.20 Å². The van der Waals surface area contributed by atoms with E-state index in [1.54, 1.807) is 0 Å². The van der Waals surface area contributed by atoms with E-state index >= 15 is 0 Å². The second-order valence-corrected chi connectivity index (χ2v) is 5.79. The number of hydrogen-bond acceptors (Lipinski definition) is 5. The van der Waals surface area contributed by atoms with Gasteiger partial charge in [-0.05, 0) is 0 Å². The highest BCUT2D eigenvalue weighted by atomic mass is 32.2. The fourth-order valence-corrected chi connectivity index (χ4v) is 2.69. The molecule has 0 saturated heterocycles. The van der Waals surface area contributed by atoms with Gasteiger partial charge < -0.3 is 5.11 Å². The van der Waals surface area contributed by atoms with Crippen molar-refractivity contribution in [2.45, 2.75) is 12.4 Å². The van der Waals surface area contributed by atoms with Crippen LogP contribution < -0.4 is 0 Å². The summed E-state index contributed by atoms with van der Waals surface area (Å²) in [5.74, 6) is -0.0440. The Kier molecular flexibility index (Phi) is 2.81. The topological polar surface area (TPSA) is 67.3 Å². The van der Waals surface area contributed by atoms with Crippen LogP contribution in [0.3, 0.4) is 0 Å². The summed E-state index contributed by atoms with van der Waals surface area (Å²) in [7, 11) is -3.01. The highest BCUT2D eigenvalue weighted by Gasteiger charge is 2.08. The Morgan fingerprint density at radius 3 is 2.75 bits per heavy atom. The standard InChI is InChI=1S/C6H9NO3S2/c1-12(9,10)4-6-7-2-5(3-8)11-6/h2,8H,3-4H2,1H3. The van der Waals surface area contributed by atoms with E-state index in [9.17, 15) is 8.42 Å². The summed E-state index contributed by atoms with van der Waals surface area (Å²) >= 11 is 1.22. The molecular formula is C6H9NO3S2. The summed E-state index contributed by atoms with van der Waals surface area (Å²) in [6.07, 6.45) is 2.65. The van der Waals surface area contributed by atoms with E-state index < -0.39 is 9.84 Å². The van der Waals surface area contributed by atoms with Crippen LogP contribution in [-0.4, -0.2) is 24.8 Å². The third-order valence-corrected chi connectivity index (χ3v) is 3.11. The Labute approximate surface area is 74.8 Å². The van der Waals surface area contributed by atoms with E-state index in [0.717, 1.165) is 6.26 Å². The van der Waals surface area contributed by atoms with Crippen LogP contribution in [0.2, 0.25) is 0 Å². The van der Waals surface area contributed by atoms with Crippen molar-refractivity contribution in [3.8, 4) is 0 Å².